The minimum absolute atomic E-state index is 0.188. The number of hydrogen-bond acceptors (Lipinski definition) is 5. The number of urea groups is 1. The molecule has 1 aromatic carbocycles. The molecule has 2 fully saturated rings. The van der Waals surface area contributed by atoms with Crippen LogP contribution in [0.5, 0.6) is 11.5 Å². The summed E-state index contributed by atoms with van der Waals surface area (Å²) in [7, 11) is 0. The van der Waals surface area contributed by atoms with Crippen molar-refractivity contribution >= 4 is 17.8 Å². The molecule has 3 aliphatic rings. The first-order chi connectivity index (χ1) is 13.0. The molecule has 0 aromatic heterocycles. The Hall–Kier alpha value is -2.77. The van der Waals surface area contributed by atoms with Crippen molar-refractivity contribution in [1.29, 1.82) is 0 Å². The van der Waals surface area contributed by atoms with Crippen LogP contribution in [0.4, 0.5) is 4.79 Å². The third-order valence-corrected chi connectivity index (χ3v) is 5.53. The maximum atomic E-state index is 12.7. The predicted octanol–water partition coefficient (Wildman–Crippen LogP) is 1.85. The molecule has 1 saturated carbocycles. The van der Waals surface area contributed by atoms with Gasteiger partial charge in [-0.15, -0.1) is 0 Å². The van der Waals surface area contributed by atoms with Gasteiger partial charge in [-0.05, 0) is 37.5 Å². The number of amides is 4. The normalized spacial score (nSPS) is 21.3. The topological polar surface area (TPSA) is 97.0 Å². The van der Waals surface area contributed by atoms with Gasteiger partial charge in [-0.25, -0.2) is 4.79 Å². The number of carbonyl (C=O) groups is 3. The van der Waals surface area contributed by atoms with Gasteiger partial charge in [0.25, 0.3) is 5.91 Å². The predicted molar refractivity (Wildman–Crippen MR) is 95.2 cm³/mol. The quantitative estimate of drug-likeness (QED) is 0.785. The Balaban J connectivity index is 1.39. The maximum Gasteiger partial charge on any atom is 0.325 e. The summed E-state index contributed by atoms with van der Waals surface area (Å²) in [5.74, 6) is 0.658. The molecule has 1 spiro atoms. The van der Waals surface area contributed by atoms with Crippen molar-refractivity contribution in [3.63, 3.8) is 0 Å². The van der Waals surface area contributed by atoms with Gasteiger partial charge in [-0.2, -0.15) is 0 Å². The summed E-state index contributed by atoms with van der Waals surface area (Å²) in [6, 6.07) is 4.69. The van der Waals surface area contributed by atoms with Crippen molar-refractivity contribution in [2.75, 3.05) is 13.3 Å². The minimum atomic E-state index is -0.807. The molecule has 1 unspecified atom stereocenters. The Morgan fingerprint density at radius 3 is 2.74 bits per heavy atom. The van der Waals surface area contributed by atoms with Crippen LogP contribution in [0.25, 0.3) is 0 Å². The lowest BCUT2D eigenvalue weighted by molar-refractivity contribution is -0.136. The van der Waals surface area contributed by atoms with Gasteiger partial charge in [-0.1, -0.05) is 25.3 Å². The number of nitrogens with one attached hydrogen (secondary N) is 2. The third-order valence-electron chi connectivity index (χ3n) is 5.53. The largest absolute Gasteiger partial charge is 0.454 e. The Bertz CT molecular complexity index is 788. The zero-order valence-electron chi connectivity index (χ0n) is 15.2. The van der Waals surface area contributed by atoms with Crippen LogP contribution in [0, 0.1) is 0 Å². The van der Waals surface area contributed by atoms with Gasteiger partial charge in [0.1, 0.15) is 12.1 Å². The fraction of sp³-hybridized carbons (Fsp3) is 0.526. The molecule has 8 heteroatoms. The van der Waals surface area contributed by atoms with Crippen molar-refractivity contribution in [3.05, 3.63) is 23.8 Å². The summed E-state index contributed by atoms with van der Waals surface area (Å²) < 4.78 is 10.6. The van der Waals surface area contributed by atoms with Crippen molar-refractivity contribution in [2.45, 2.75) is 50.6 Å². The number of benzene rings is 1. The van der Waals surface area contributed by atoms with E-state index in [0.29, 0.717) is 24.3 Å². The van der Waals surface area contributed by atoms with E-state index >= 15 is 0 Å². The lowest BCUT2D eigenvalue weighted by Gasteiger charge is -2.30. The zero-order chi connectivity index (χ0) is 19.0. The van der Waals surface area contributed by atoms with E-state index in [9.17, 15) is 14.4 Å². The zero-order valence-corrected chi connectivity index (χ0v) is 15.2. The molecule has 2 aliphatic heterocycles. The van der Waals surface area contributed by atoms with E-state index in [4.69, 9.17) is 9.47 Å². The van der Waals surface area contributed by atoms with Crippen LogP contribution in [0.15, 0.2) is 18.2 Å². The second-order valence-electron chi connectivity index (χ2n) is 7.37. The fourth-order valence-corrected chi connectivity index (χ4v) is 4.01. The molecule has 1 aromatic rings. The number of nitrogens with zero attached hydrogens (tertiary/aromatic N) is 1. The molecule has 4 amide bonds. The lowest BCUT2D eigenvalue weighted by atomic mass is 9.82. The lowest BCUT2D eigenvalue weighted by Crippen LogP contribution is -2.49. The third kappa shape index (κ3) is 3.20. The summed E-state index contributed by atoms with van der Waals surface area (Å²) in [6.07, 6.45) is 4.17. The molecule has 4 rings (SSSR count). The summed E-state index contributed by atoms with van der Waals surface area (Å²) in [6.45, 7) is 1.75. The minimum Gasteiger partial charge on any atom is -0.454 e. The summed E-state index contributed by atoms with van der Waals surface area (Å²) >= 11 is 0. The van der Waals surface area contributed by atoms with Crippen LogP contribution in [0.2, 0.25) is 0 Å². The van der Waals surface area contributed by atoms with Gasteiger partial charge in [-0.3, -0.25) is 14.5 Å². The molecule has 8 nitrogen and oxygen atoms in total. The Kier molecular flexibility index (Phi) is 4.41. The van der Waals surface area contributed by atoms with E-state index < -0.39 is 11.6 Å². The summed E-state index contributed by atoms with van der Waals surface area (Å²) in [5.41, 5.74) is 0.0481. The molecule has 0 radical (unpaired) electrons. The average molecular weight is 373 g/mol. The Labute approximate surface area is 157 Å². The first-order valence-corrected chi connectivity index (χ1v) is 9.31. The van der Waals surface area contributed by atoms with E-state index in [1.54, 1.807) is 6.07 Å². The summed E-state index contributed by atoms with van der Waals surface area (Å²) in [4.78, 5) is 38.5. The molecule has 2 N–H and O–H groups in total. The molecular formula is C19H23N3O5. The van der Waals surface area contributed by atoms with Crippen LogP contribution in [-0.2, 0) is 9.59 Å². The highest BCUT2D eigenvalue weighted by atomic mass is 16.7. The van der Waals surface area contributed by atoms with Crippen LogP contribution in [0.3, 0.4) is 0 Å². The highest BCUT2D eigenvalue weighted by molar-refractivity contribution is 6.09. The maximum absolute atomic E-state index is 12.7. The molecule has 144 valence electrons. The summed E-state index contributed by atoms with van der Waals surface area (Å²) in [5, 5.41) is 5.65. The second-order valence-corrected chi connectivity index (χ2v) is 7.37. The van der Waals surface area contributed by atoms with E-state index in [1.165, 1.54) is 0 Å². The molecule has 0 bridgehead atoms. The van der Waals surface area contributed by atoms with Gasteiger partial charge >= 0.3 is 6.03 Å². The van der Waals surface area contributed by atoms with Gasteiger partial charge < -0.3 is 20.1 Å². The molecule has 1 saturated heterocycles. The average Bonchev–Trinajstić information content (AvgIpc) is 3.21. The van der Waals surface area contributed by atoms with Gasteiger partial charge in [0.15, 0.2) is 11.5 Å². The number of hydrogen-bond donors (Lipinski definition) is 2. The molecular weight excluding hydrogens is 350 g/mol. The van der Waals surface area contributed by atoms with E-state index in [-0.39, 0.29) is 31.2 Å². The number of ether oxygens (including phenoxy) is 2. The number of fused-ring (bicyclic) bond motifs is 1. The highest BCUT2D eigenvalue weighted by Gasteiger charge is 2.51. The first-order valence-electron chi connectivity index (χ1n) is 9.31. The van der Waals surface area contributed by atoms with E-state index in [1.807, 2.05) is 19.1 Å². The van der Waals surface area contributed by atoms with Crippen LogP contribution in [0.1, 0.15) is 50.6 Å². The Morgan fingerprint density at radius 2 is 1.96 bits per heavy atom. The van der Waals surface area contributed by atoms with Gasteiger partial charge in [0.05, 0.1) is 6.04 Å². The van der Waals surface area contributed by atoms with Crippen molar-refractivity contribution in [2.24, 2.45) is 0 Å². The molecule has 1 aliphatic carbocycles. The second kappa shape index (κ2) is 6.75. The van der Waals surface area contributed by atoms with Gasteiger partial charge in [0, 0.05) is 0 Å². The Morgan fingerprint density at radius 1 is 1.22 bits per heavy atom. The van der Waals surface area contributed by atoms with Crippen LogP contribution in [-0.4, -0.2) is 41.6 Å². The van der Waals surface area contributed by atoms with Crippen LogP contribution >= 0.6 is 0 Å². The number of carbonyl (C=O) groups excluding carboxylic acids is 3. The van der Waals surface area contributed by atoms with E-state index in [2.05, 4.69) is 10.6 Å². The molecule has 1 atom stereocenters. The van der Waals surface area contributed by atoms with Crippen molar-refractivity contribution in [1.82, 2.24) is 15.5 Å². The fourth-order valence-electron chi connectivity index (χ4n) is 4.01. The smallest absolute Gasteiger partial charge is 0.325 e. The number of imide groups is 1. The van der Waals surface area contributed by atoms with Crippen molar-refractivity contribution < 1.29 is 23.9 Å². The monoisotopic (exact) mass is 373 g/mol. The first kappa shape index (κ1) is 17.6. The SMILES string of the molecule is CC(NC(=O)CN1C(=O)NC2(CCCCC2)C1=O)c1ccc2c(c1)OCO2. The number of rotatable bonds is 4. The van der Waals surface area contributed by atoms with Crippen LogP contribution < -0.4 is 20.1 Å². The molecule has 27 heavy (non-hydrogen) atoms. The molecule has 2 heterocycles. The highest BCUT2D eigenvalue weighted by Crippen LogP contribution is 2.35. The van der Waals surface area contributed by atoms with Crippen molar-refractivity contribution in [3.8, 4) is 11.5 Å². The standard InChI is InChI=1S/C19H23N3O5/c1-12(13-5-6-14-15(9-13)27-11-26-14)20-16(23)10-22-17(24)19(21-18(22)25)7-3-2-4-8-19/h5-6,9,12H,2-4,7-8,10-11H2,1H3,(H,20,23)(H,21,25). The van der Waals surface area contributed by atoms with E-state index in [0.717, 1.165) is 29.7 Å². The van der Waals surface area contributed by atoms with Gasteiger partial charge in [0.2, 0.25) is 12.7 Å².